The number of hydrogen-bond donors (Lipinski definition) is 0. The number of hydrogen-bond acceptors (Lipinski definition) is 4. The van der Waals surface area contributed by atoms with Crippen LogP contribution in [0.3, 0.4) is 0 Å². The van der Waals surface area contributed by atoms with Crippen LogP contribution in [0, 0.1) is 0 Å². The molecule has 0 atom stereocenters. The number of likely N-dealkylation sites (N-methyl/N-ethyl adjacent to an activating group) is 1. The topological polar surface area (TPSA) is 22.6 Å². The largest absolute Gasteiger partial charge is 0.298 e. The zero-order valence-corrected chi connectivity index (χ0v) is 11.6. The quantitative estimate of drug-likeness (QED) is 0.809. The molecular formula is C15H22N4. The highest BCUT2D eigenvalue weighted by Gasteiger charge is 2.22. The summed E-state index contributed by atoms with van der Waals surface area (Å²) in [5, 5.41) is 4.87. The first kappa shape index (κ1) is 12.6. The van der Waals surface area contributed by atoms with Crippen LogP contribution in [0.25, 0.3) is 5.57 Å². The Morgan fingerprint density at radius 1 is 1.05 bits per heavy atom. The maximum absolute atomic E-state index is 4.10. The third kappa shape index (κ3) is 2.96. The van der Waals surface area contributed by atoms with Crippen molar-refractivity contribution in [3.63, 3.8) is 0 Å². The molecule has 0 bridgehead atoms. The first-order valence-corrected chi connectivity index (χ1v) is 7.14. The van der Waals surface area contributed by atoms with E-state index >= 15 is 0 Å². The average Bonchev–Trinajstić information content (AvgIpc) is 2.48. The molecule has 0 spiro atoms. The molecule has 1 aromatic heterocycles. The zero-order chi connectivity index (χ0) is 13.1. The molecule has 1 saturated heterocycles. The van der Waals surface area contributed by atoms with Crippen LogP contribution in [0.2, 0.25) is 0 Å². The van der Waals surface area contributed by atoms with Crippen molar-refractivity contribution in [3.05, 3.63) is 36.3 Å². The maximum Gasteiger partial charge on any atom is 0.0859 e. The summed E-state index contributed by atoms with van der Waals surface area (Å²) < 4.78 is 0. The van der Waals surface area contributed by atoms with Crippen LogP contribution < -0.4 is 0 Å². The zero-order valence-electron chi connectivity index (χ0n) is 11.6. The minimum atomic E-state index is 0.995. The lowest BCUT2D eigenvalue weighted by atomic mass is 10.1. The fraction of sp³-hybridized carbons (Fsp3) is 0.533. The van der Waals surface area contributed by atoms with E-state index in [9.17, 15) is 0 Å². The minimum absolute atomic E-state index is 0.995. The molecule has 102 valence electrons. The maximum atomic E-state index is 4.10. The normalized spacial score (nSPS) is 22.4. The molecular weight excluding hydrogens is 236 g/mol. The lowest BCUT2D eigenvalue weighted by Gasteiger charge is -2.42. The van der Waals surface area contributed by atoms with E-state index in [0.717, 1.165) is 13.2 Å². The van der Waals surface area contributed by atoms with Gasteiger partial charge in [-0.2, -0.15) is 0 Å². The second-order valence-corrected chi connectivity index (χ2v) is 5.50. The van der Waals surface area contributed by atoms with Crippen molar-refractivity contribution in [2.45, 2.75) is 19.3 Å². The predicted octanol–water partition coefficient (Wildman–Crippen LogP) is 2.03. The Morgan fingerprint density at radius 2 is 1.79 bits per heavy atom. The molecule has 3 rings (SSSR count). The van der Waals surface area contributed by atoms with E-state index in [1.54, 1.807) is 0 Å². The Bertz CT molecular complexity index is 437. The van der Waals surface area contributed by atoms with E-state index < -0.39 is 0 Å². The molecule has 0 saturated carbocycles. The van der Waals surface area contributed by atoms with Gasteiger partial charge >= 0.3 is 0 Å². The lowest BCUT2D eigenvalue weighted by molar-refractivity contribution is -0.0325. The van der Waals surface area contributed by atoms with Crippen molar-refractivity contribution in [2.75, 3.05) is 33.4 Å². The van der Waals surface area contributed by atoms with Gasteiger partial charge in [0.15, 0.2) is 0 Å². The van der Waals surface area contributed by atoms with E-state index in [0.29, 0.717) is 0 Å². The molecule has 0 unspecified atom stereocenters. The molecule has 4 nitrogen and oxygen atoms in total. The molecule has 2 aliphatic rings. The average molecular weight is 258 g/mol. The van der Waals surface area contributed by atoms with Crippen molar-refractivity contribution in [1.82, 2.24) is 19.9 Å². The van der Waals surface area contributed by atoms with E-state index in [1.165, 1.54) is 43.5 Å². The lowest BCUT2D eigenvalue weighted by Crippen LogP contribution is -2.49. The summed E-state index contributed by atoms with van der Waals surface area (Å²) in [5.41, 5.74) is 2.66. The Morgan fingerprint density at radius 3 is 2.53 bits per heavy atom. The van der Waals surface area contributed by atoms with Gasteiger partial charge in [0.25, 0.3) is 0 Å². The number of rotatable bonds is 2. The fourth-order valence-electron chi connectivity index (χ4n) is 2.89. The summed E-state index contributed by atoms with van der Waals surface area (Å²) in [7, 11) is 2.19. The summed E-state index contributed by atoms with van der Waals surface area (Å²) in [6.07, 6.45) is 10.1. The highest BCUT2D eigenvalue weighted by atomic mass is 15.7. The highest BCUT2D eigenvalue weighted by Crippen LogP contribution is 2.22. The minimum Gasteiger partial charge on any atom is -0.298 e. The molecule has 0 radical (unpaired) electrons. The van der Waals surface area contributed by atoms with Crippen molar-refractivity contribution >= 4 is 5.57 Å². The molecule has 3 heterocycles. The van der Waals surface area contributed by atoms with Crippen LogP contribution in [0.5, 0.6) is 0 Å². The smallest absolute Gasteiger partial charge is 0.0859 e. The van der Waals surface area contributed by atoms with Crippen LogP contribution in [0.1, 0.15) is 24.8 Å². The standard InChI is InChI=1S/C15H22N4/c1-17-11-15(14-5-7-16-8-6-14)12-19(13-17)18-9-3-2-4-10-18/h5-8,12H,2-4,9-11,13H2,1H3. The summed E-state index contributed by atoms with van der Waals surface area (Å²) in [6.45, 7) is 4.38. The van der Waals surface area contributed by atoms with E-state index in [4.69, 9.17) is 0 Å². The second kappa shape index (κ2) is 5.72. The predicted molar refractivity (Wildman–Crippen MR) is 77.0 cm³/mol. The van der Waals surface area contributed by atoms with Gasteiger partial charge in [-0.15, -0.1) is 0 Å². The summed E-state index contributed by atoms with van der Waals surface area (Å²) in [4.78, 5) is 6.47. The van der Waals surface area contributed by atoms with Gasteiger partial charge < -0.3 is 0 Å². The first-order chi connectivity index (χ1) is 9.33. The number of hydrazine groups is 1. The van der Waals surface area contributed by atoms with Crippen molar-refractivity contribution in [3.8, 4) is 0 Å². The number of pyridine rings is 1. The van der Waals surface area contributed by atoms with Crippen molar-refractivity contribution in [1.29, 1.82) is 0 Å². The Hall–Kier alpha value is -1.39. The van der Waals surface area contributed by atoms with Crippen molar-refractivity contribution in [2.24, 2.45) is 0 Å². The number of piperidine rings is 1. The molecule has 1 fully saturated rings. The molecule has 1 aromatic rings. The van der Waals surface area contributed by atoms with Crippen LogP contribution in [0.15, 0.2) is 30.7 Å². The molecule has 0 aromatic carbocycles. The number of aromatic nitrogens is 1. The second-order valence-electron chi connectivity index (χ2n) is 5.50. The molecule has 4 heteroatoms. The third-order valence-corrected chi connectivity index (χ3v) is 3.88. The molecule has 19 heavy (non-hydrogen) atoms. The van der Waals surface area contributed by atoms with Gasteiger partial charge in [-0.1, -0.05) is 6.42 Å². The van der Waals surface area contributed by atoms with Gasteiger partial charge in [-0.05, 0) is 43.2 Å². The van der Waals surface area contributed by atoms with Gasteiger partial charge in [-0.25, -0.2) is 5.01 Å². The Balaban J connectivity index is 1.81. The SMILES string of the molecule is CN1CC(c2ccncc2)=CN(N2CCCCC2)C1. The van der Waals surface area contributed by atoms with Gasteiger partial charge in [0.1, 0.15) is 0 Å². The van der Waals surface area contributed by atoms with E-state index in [1.807, 2.05) is 12.4 Å². The van der Waals surface area contributed by atoms with Crippen molar-refractivity contribution < 1.29 is 0 Å². The number of nitrogens with zero attached hydrogens (tertiary/aromatic N) is 4. The molecule has 0 aliphatic carbocycles. The summed E-state index contributed by atoms with van der Waals surface area (Å²) >= 11 is 0. The monoisotopic (exact) mass is 258 g/mol. The fourth-order valence-corrected chi connectivity index (χ4v) is 2.89. The van der Waals surface area contributed by atoms with E-state index in [2.05, 4.69) is 45.3 Å². The molecule has 0 N–H and O–H groups in total. The van der Waals surface area contributed by atoms with Crippen LogP contribution in [-0.4, -0.2) is 53.3 Å². The Labute approximate surface area is 115 Å². The third-order valence-electron chi connectivity index (χ3n) is 3.88. The van der Waals surface area contributed by atoms with Crippen LogP contribution in [0.4, 0.5) is 0 Å². The first-order valence-electron chi connectivity index (χ1n) is 7.14. The van der Waals surface area contributed by atoms with Crippen LogP contribution in [-0.2, 0) is 0 Å². The van der Waals surface area contributed by atoms with Gasteiger partial charge in [-0.3, -0.25) is 14.9 Å². The van der Waals surface area contributed by atoms with E-state index in [-0.39, 0.29) is 0 Å². The van der Waals surface area contributed by atoms with Crippen LogP contribution >= 0.6 is 0 Å². The highest BCUT2D eigenvalue weighted by molar-refractivity contribution is 5.66. The van der Waals surface area contributed by atoms with Gasteiger partial charge in [0.2, 0.25) is 0 Å². The molecule has 2 aliphatic heterocycles. The Kier molecular flexibility index (Phi) is 3.80. The van der Waals surface area contributed by atoms with Gasteiger partial charge in [0, 0.05) is 38.2 Å². The summed E-state index contributed by atoms with van der Waals surface area (Å²) in [6, 6.07) is 4.19. The summed E-state index contributed by atoms with van der Waals surface area (Å²) in [5.74, 6) is 0. The van der Waals surface area contributed by atoms with Gasteiger partial charge in [0.05, 0.1) is 6.67 Å². The molecule has 0 amide bonds.